The Balaban J connectivity index is 2.83. The molecule has 1 N–H and O–H groups in total. The van der Waals surface area contributed by atoms with Crippen LogP contribution in [0.4, 0.5) is 11.4 Å². The number of carbonyl (C=O) groups is 1. The molecule has 0 heterocycles. The predicted molar refractivity (Wildman–Crippen MR) is 75.3 cm³/mol. The van der Waals surface area contributed by atoms with Crippen molar-refractivity contribution in [2.45, 2.75) is 6.42 Å². The first-order valence-electron chi connectivity index (χ1n) is 6.18. The molecule has 0 saturated heterocycles. The number of nitrogens with zero attached hydrogens (tertiary/aromatic N) is 3. The molecule has 114 valence electrons. The fourth-order valence-corrected chi connectivity index (χ4v) is 1.67. The van der Waals surface area contributed by atoms with Gasteiger partial charge in [0.2, 0.25) is 0 Å². The number of carbonyl (C=O) groups excluding carboxylic acids is 1. The molecule has 0 fully saturated rings. The molecule has 0 aliphatic rings. The molecule has 0 aliphatic heterocycles. The van der Waals surface area contributed by atoms with Crippen molar-refractivity contribution in [2.75, 3.05) is 27.2 Å². The smallest absolute Gasteiger partial charge is 0.289 e. The van der Waals surface area contributed by atoms with Crippen LogP contribution in [0, 0.1) is 20.2 Å². The third kappa shape index (κ3) is 4.80. The molecule has 1 aromatic carbocycles. The Morgan fingerprint density at radius 2 is 1.90 bits per heavy atom. The zero-order valence-electron chi connectivity index (χ0n) is 11.7. The van der Waals surface area contributed by atoms with Gasteiger partial charge in [0.15, 0.2) is 0 Å². The summed E-state index contributed by atoms with van der Waals surface area (Å²) in [5, 5.41) is 24.1. The Kier molecular flexibility index (Phi) is 5.73. The molecule has 1 rings (SSSR count). The first-order valence-corrected chi connectivity index (χ1v) is 6.18. The molecular formula is C12H16N4O5. The highest BCUT2D eigenvalue weighted by molar-refractivity contribution is 5.98. The van der Waals surface area contributed by atoms with E-state index in [9.17, 15) is 25.0 Å². The average molecular weight is 296 g/mol. The molecule has 0 atom stereocenters. The van der Waals surface area contributed by atoms with Crippen molar-refractivity contribution >= 4 is 17.3 Å². The van der Waals surface area contributed by atoms with Crippen LogP contribution in [0.15, 0.2) is 18.2 Å². The summed E-state index contributed by atoms with van der Waals surface area (Å²) in [7, 11) is 3.78. The first kappa shape index (κ1) is 16.5. The van der Waals surface area contributed by atoms with E-state index >= 15 is 0 Å². The van der Waals surface area contributed by atoms with Crippen LogP contribution < -0.4 is 5.32 Å². The summed E-state index contributed by atoms with van der Waals surface area (Å²) in [5.41, 5.74) is -1.18. The summed E-state index contributed by atoms with van der Waals surface area (Å²) in [6, 6.07) is 2.95. The summed E-state index contributed by atoms with van der Waals surface area (Å²) in [6.07, 6.45) is 0.694. The summed E-state index contributed by atoms with van der Waals surface area (Å²) in [4.78, 5) is 33.8. The Bertz CT molecular complexity index is 559. The molecule has 0 bridgehead atoms. The number of hydrogen-bond donors (Lipinski definition) is 1. The molecule has 9 heteroatoms. The highest BCUT2D eigenvalue weighted by atomic mass is 16.6. The third-order valence-electron chi connectivity index (χ3n) is 2.70. The van der Waals surface area contributed by atoms with Crippen LogP contribution in [0.1, 0.15) is 16.8 Å². The molecule has 0 spiro atoms. The van der Waals surface area contributed by atoms with E-state index < -0.39 is 27.1 Å². The lowest BCUT2D eigenvalue weighted by Crippen LogP contribution is -2.27. The quantitative estimate of drug-likeness (QED) is 0.458. The first-order chi connectivity index (χ1) is 9.82. The second kappa shape index (κ2) is 7.29. The maximum absolute atomic E-state index is 11.9. The summed E-state index contributed by atoms with van der Waals surface area (Å²) in [6.45, 7) is 1.13. The number of rotatable bonds is 7. The largest absolute Gasteiger partial charge is 0.352 e. The van der Waals surface area contributed by atoms with E-state index in [0.717, 1.165) is 24.7 Å². The average Bonchev–Trinajstić information content (AvgIpc) is 2.42. The Labute approximate surface area is 120 Å². The van der Waals surface area contributed by atoms with Crippen molar-refractivity contribution in [1.82, 2.24) is 10.2 Å². The zero-order valence-corrected chi connectivity index (χ0v) is 11.7. The van der Waals surface area contributed by atoms with E-state index in [0.29, 0.717) is 13.0 Å². The van der Waals surface area contributed by atoms with Gasteiger partial charge >= 0.3 is 0 Å². The molecule has 9 nitrogen and oxygen atoms in total. The second-order valence-corrected chi connectivity index (χ2v) is 4.63. The van der Waals surface area contributed by atoms with Crippen molar-refractivity contribution in [1.29, 1.82) is 0 Å². The van der Waals surface area contributed by atoms with E-state index in [1.54, 1.807) is 0 Å². The zero-order chi connectivity index (χ0) is 16.0. The standard InChI is InChI=1S/C12H16N4O5/c1-14(2)7-3-6-13-12(17)10-5-4-9(15(18)19)8-11(10)16(20)21/h4-5,8H,3,6-7H2,1-2H3,(H,13,17). The second-order valence-electron chi connectivity index (χ2n) is 4.63. The molecule has 0 unspecified atom stereocenters. The molecular weight excluding hydrogens is 280 g/mol. The maximum Gasteiger partial charge on any atom is 0.289 e. The van der Waals surface area contributed by atoms with Gasteiger partial charge in [-0.05, 0) is 33.1 Å². The van der Waals surface area contributed by atoms with E-state index in [1.807, 2.05) is 19.0 Å². The molecule has 1 aromatic rings. The topological polar surface area (TPSA) is 119 Å². The van der Waals surface area contributed by atoms with Gasteiger partial charge < -0.3 is 10.2 Å². The van der Waals surface area contributed by atoms with Crippen LogP contribution in [0.2, 0.25) is 0 Å². The number of amides is 1. The van der Waals surface area contributed by atoms with Gasteiger partial charge in [-0.1, -0.05) is 0 Å². The third-order valence-corrected chi connectivity index (χ3v) is 2.70. The summed E-state index contributed by atoms with van der Waals surface area (Å²) < 4.78 is 0. The number of hydrogen-bond acceptors (Lipinski definition) is 6. The van der Waals surface area contributed by atoms with Crippen LogP contribution in [0.5, 0.6) is 0 Å². The van der Waals surface area contributed by atoms with Crippen molar-refractivity contribution < 1.29 is 14.6 Å². The lowest BCUT2D eigenvalue weighted by atomic mass is 10.1. The minimum absolute atomic E-state index is 0.185. The highest BCUT2D eigenvalue weighted by Crippen LogP contribution is 2.24. The van der Waals surface area contributed by atoms with E-state index in [4.69, 9.17) is 0 Å². The Morgan fingerprint density at radius 3 is 2.43 bits per heavy atom. The van der Waals surface area contributed by atoms with Crippen molar-refractivity contribution in [3.05, 3.63) is 44.0 Å². The normalized spacial score (nSPS) is 10.4. The molecule has 21 heavy (non-hydrogen) atoms. The number of nitro groups is 2. The summed E-state index contributed by atoms with van der Waals surface area (Å²) >= 11 is 0. The van der Waals surface area contributed by atoms with Gasteiger partial charge in [-0.2, -0.15) is 0 Å². The summed E-state index contributed by atoms with van der Waals surface area (Å²) in [5.74, 6) is -0.615. The van der Waals surface area contributed by atoms with Gasteiger partial charge in [-0.15, -0.1) is 0 Å². The highest BCUT2D eigenvalue weighted by Gasteiger charge is 2.23. The van der Waals surface area contributed by atoms with Crippen LogP contribution in [0.25, 0.3) is 0 Å². The van der Waals surface area contributed by atoms with Crippen molar-refractivity contribution in [3.63, 3.8) is 0 Å². The van der Waals surface area contributed by atoms with Gasteiger partial charge in [-0.3, -0.25) is 25.0 Å². The lowest BCUT2D eigenvalue weighted by molar-refractivity contribution is -0.394. The van der Waals surface area contributed by atoms with Gasteiger partial charge in [-0.25, -0.2) is 0 Å². The van der Waals surface area contributed by atoms with Crippen LogP contribution >= 0.6 is 0 Å². The Hall–Kier alpha value is -2.55. The number of benzene rings is 1. The van der Waals surface area contributed by atoms with Crippen molar-refractivity contribution in [2.24, 2.45) is 0 Å². The van der Waals surface area contributed by atoms with Crippen molar-refractivity contribution in [3.8, 4) is 0 Å². The minimum atomic E-state index is -0.804. The van der Waals surface area contributed by atoms with Crippen LogP contribution in [0.3, 0.4) is 0 Å². The van der Waals surface area contributed by atoms with E-state index in [2.05, 4.69) is 5.32 Å². The molecule has 0 aromatic heterocycles. The molecule has 0 radical (unpaired) electrons. The fraction of sp³-hybridized carbons (Fsp3) is 0.417. The minimum Gasteiger partial charge on any atom is -0.352 e. The van der Waals surface area contributed by atoms with Gasteiger partial charge in [0.1, 0.15) is 5.56 Å². The maximum atomic E-state index is 11.9. The molecule has 0 aliphatic carbocycles. The van der Waals surface area contributed by atoms with Crippen LogP contribution in [-0.4, -0.2) is 47.8 Å². The molecule has 0 saturated carbocycles. The van der Waals surface area contributed by atoms with Gasteiger partial charge in [0.25, 0.3) is 17.3 Å². The SMILES string of the molecule is CN(C)CCCNC(=O)c1ccc([N+](=O)[O-])cc1[N+](=O)[O-]. The molecule has 1 amide bonds. The predicted octanol–water partition coefficient (Wildman–Crippen LogP) is 1.18. The Morgan fingerprint density at radius 1 is 1.24 bits per heavy atom. The van der Waals surface area contributed by atoms with Gasteiger partial charge in [0, 0.05) is 12.6 Å². The van der Waals surface area contributed by atoms with E-state index in [1.165, 1.54) is 0 Å². The van der Waals surface area contributed by atoms with Crippen LogP contribution in [-0.2, 0) is 0 Å². The number of nitro benzene ring substituents is 2. The van der Waals surface area contributed by atoms with Gasteiger partial charge in [0.05, 0.1) is 15.9 Å². The number of non-ortho nitro benzene ring substituents is 1. The lowest BCUT2D eigenvalue weighted by Gasteiger charge is -2.10. The monoisotopic (exact) mass is 296 g/mol. The fourth-order valence-electron chi connectivity index (χ4n) is 1.67. The van der Waals surface area contributed by atoms with E-state index in [-0.39, 0.29) is 5.56 Å². The number of nitrogens with one attached hydrogen (secondary N) is 1.